The van der Waals surface area contributed by atoms with Crippen molar-refractivity contribution in [2.75, 3.05) is 50.1 Å². The first kappa shape index (κ1) is 21.7. The van der Waals surface area contributed by atoms with Crippen molar-refractivity contribution in [1.29, 1.82) is 5.26 Å². The van der Waals surface area contributed by atoms with Crippen LogP contribution in [-0.2, 0) is 0 Å². The highest BCUT2D eigenvalue weighted by molar-refractivity contribution is 5.94. The average molecular weight is 451 g/mol. The molecule has 0 bridgehead atoms. The number of benzene rings is 3. The van der Waals surface area contributed by atoms with Gasteiger partial charge in [0.15, 0.2) is 6.61 Å². The lowest BCUT2D eigenvalue weighted by Crippen LogP contribution is -2.44. The molecule has 0 amide bonds. The number of likely N-dealkylation sites (N-methyl/N-ethyl adjacent to an activating group) is 1. The van der Waals surface area contributed by atoms with Gasteiger partial charge in [-0.3, -0.25) is 0 Å². The molecule has 2 heterocycles. The zero-order valence-corrected chi connectivity index (χ0v) is 19.1. The monoisotopic (exact) mass is 450 g/mol. The second-order valence-electron chi connectivity index (χ2n) is 8.37. The minimum Gasteiger partial charge on any atom is -0.479 e. The van der Waals surface area contributed by atoms with E-state index in [0.29, 0.717) is 11.7 Å². The Bertz CT molecular complexity index is 1320. The quantitative estimate of drug-likeness (QED) is 0.456. The van der Waals surface area contributed by atoms with Gasteiger partial charge in [-0.1, -0.05) is 36.4 Å². The van der Waals surface area contributed by atoms with Gasteiger partial charge >= 0.3 is 0 Å². The van der Waals surface area contributed by atoms with Gasteiger partial charge in [0.2, 0.25) is 5.95 Å². The summed E-state index contributed by atoms with van der Waals surface area (Å²) in [6.45, 7) is 4.22. The molecule has 0 spiro atoms. The van der Waals surface area contributed by atoms with Crippen molar-refractivity contribution in [2.24, 2.45) is 0 Å². The van der Waals surface area contributed by atoms with Crippen LogP contribution in [-0.4, -0.2) is 54.7 Å². The van der Waals surface area contributed by atoms with Gasteiger partial charge in [0.05, 0.1) is 5.52 Å². The van der Waals surface area contributed by atoms with Gasteiger partial charge in [-0.15, -0.1) is 0 Å². The van der Waals surface area contributed by atoms with Crippen LogP contribution < -0.4 is 15.0 Å². The first-order chi connectivity index (χ1) is 16.7. The van der Waals surface area contributed by atoms with Crippen LogP contribution in [0, 0.1) is 11.3 Å². The van der Waals surface area contributed by atoms with Crippen molar-refractivity contribution in [1.82, 2.24) is 14.9 Å². The van der Waals surface area contributed by atoms with Crippen LogP contribution in [0.15, 0.2) is 72.9 Å². The van der Waals surface area contributed by atoms with Crippen LogP contribution in [0.3, 0.4) is 0 Å². The molecule has 0 unspecified atom stereocenters. The lowest BCUT2D eigenvalue weighted by molar-refractivity contribution is 0.313. The van der Waals surface area contributed by atoms with E-state index in [1.165, 1.54) is 5.69 Å². The van der Waals surface area contributed by atoms with Crippen molar-refractivity contribution in [3.8, 4) is 22.9 Å². The van der Waals surface area contributed by atoms with E-state index in [1.807, 2.05) is 54.7 Å². The summed E-state index contributed by atoms with van der Waals surface area (Å²) in [7, 11) is 2.16. The number of para-hydroxylation sites is 1. The Morgan fingerprint density at radius 3 is 2.59 bits per heavy atom. The van der Waals surface area contributed by atoms with Crippen molar-refractivity contribution >= 4 is 28.2 Å². The Morgan fingerprint density at radius 1 is 1.00 bits per heavy atom. The topological polar surface area (TPSA) is 77.3 Å². The van der Waals surface area contributed by atoms with Gasteiger partial charge in [0.1, 0.15) is 11.8 Å². The molecule has 1 fully saturated rings. The van der Waals surface area contributed by atoms with Crippen molar-refractivity contribution < 1.29 is 4.74 Å². The third kappa shape index (κ3) is 4.77. The minimum atomic E-state index is 0.0336. The summed E-state index contributed by atoms with van der Waals surface area (Å²) in [6, 6.07) is 24.2. The first-order valence-electron chi connectivity index (χ1n) is 11.4. The number of ether oxygens (including phenoxy) is 1. The Balaban J connectivity index is 1.40. The number of nitriles is 1. The predicted octanol–water partition coefficient (Wildman–Crippen LogP) is 4.69. The molecule has 34 heavy (non-hydrogen) atoms. The standard InChI is InChI=1S/C27H26N6O/c1-32-13-15-33(16-14-32)23-6-3-5-22(18-23)30-27-29-19-21-4-2-7-25(26(21)31-27)20-8-10-24(11-9-20)34-17-12-28/h2-11,18-19H,13-17H2,1H3,(H,29,30,31). The highest BCUT2D eigenvalue weighted by Gasteiger charge is 2.15. The lowest BCUT2D eigenvalue weighted by Gasteiger charge is -2.34. The predicted molar refractivity (Wildman–Crippen MR) is 136 cm³/mol. The number of rotatable bonds is 6. The lowest BCUT2D eigenvalue weighted by atomic mass is 10.0. The molecule has 170 valence electrons. The molecular weight excluding hydrogens is 424 g/mol. The number of hydrogen-bond acceptors (Lipinski definition) is 7. The minimum absolute atomic E-state index is 0.0336. The molecule has 1 aromatic heterocycles. The van der Waals surface area contributed by atoms with Gasteiger partial charge in [0.25, 0.3) is 0 Å². The molecular formula is C27H26N6O. The van der Waals surface area contributed by atoms with E-state index < -0.39 is 0 Å². The summed E-state index contributed by atoms with van der Waals surface area (Å²) < 4.78 is 5.38. The highest BCUT2D eigenvalue weighted by atomic mass is 16.5. The van der Waals surface area contributed by atoms with Gasteiger partial charge in [-0.2, -0.15) is 5.26 Å². The number of piperazine rings is 1. The maximum Gasteiger partial charge on any atom is 0.227 e. The Labute approximate surface area is 199 Å². The Kier molecular flexibility index (Phi) is 6.23. The van der Waals surface area contributed by atoms with Crippen LogP contribution in [0.5, 0.6) is 5.75 Å². The fraction of sp³-hybridized carbons (Fsp3) is 0.222. The van der Waals surface area contributed by atoms with Crippen LogP contribution >= 0.6 is 0 Å². The summed E-state index contributed by atoms with van der Waals surface area (Å²) >= 11 is 0. The largest absolute Gasteiger partial charge is 0.479 e. The smallest absolute Gasteiger partial charge is 0.227 e. The summed E-state index contributed by atoms with van der Waals surface area (Å²) in [5.74, 6) is 1.23. The maximum absolute atomic E-state index is 8.70. The van der Waals surface area contributed by atoms with Gasteiger partial charge < -0.3 is 19.9 Å². The molecule has 0 radical (unpaired) electrons. The highest BCUT2D eigenvalue weighted by Crippen LogP contribution is 2.30. The molecule has 1 saturated heterocycles. The second-order valence-corrected chi connectivity index (χ2v) is 8.37. The van der Waals surface area contributed by atoms with Gasteiger partial charge in [0, 0.05) is 54.7 Å². The van der Waals surface area contributed by atoms with E-state index in [2.05, 4.69) is 51.4 Å². The fourth-order valence-electron chi connectivity index (χ4n) is 4.17. The number of nitrogens with one attached hydrogen (secondary N) is 1. The Hall–Kier alpha value is -4.15. The molecule has 7 heteroatoms. The maximum atomic E-state index is 8.70. The zero-order valence-electron chi connectivity index (χ0n) is 19.1. The molecule has 7 nitrogen and oxygen atoms in total. The van der Waals surface area contributed by atoms with Gasteiger partial charge in [-0.05, 0) is 42.9 Å². The van der Waals surface area contributed by atoms with Crippen LogP contribution in [0.25, 0.3) is 22.0 Å². The molecule has 3 aromatic carbocycles. The van der Waals surface area contributed by atoms with Crippen molar-refractivity contribution in [3.05, 3.63) is 72.9 Å². The van der Waals surface area contributed by atoms with E-state index in [0.717, 1.165) is 53.9 Å². The molecule has 0 aliphatic carbocycles. The number of nitrogens with zero attached hydrogens (tertiary/aromatic N) is 5. The molecule has 5 rings (SSSR count). The zero-order chi connectivity index (χ0) is 23.3. The van der Waals surface area contributed by atoms with Gasteiger partial charge in [-0.25, -0.2) is 9.97 Å². The van der Waals surface area contributed by atoms with Crippen molar-refractivity contribution in [3.63, 3.8) is 0 Å². The van der Waals surface area contributed by atoms with E-state index >= 15 is 0 Å². The SMILES string of the molecule is CN1CCN(c2cccc(Nc3ncc4cccc(-c5ccc(OCC#N)cc5)c4n3)c2)CC1. The third-order valence-corrected chi connectivity index (χ3v) is 6.05. The van der Waals surface area contributed by atoms with Crippen LogP contribution in [0.1, 0.15) is 0 Å². The normalized spacial score (nSPS) is 14.1. The molecule has 4 aromatic rings. The summed E-state index contributed by atoms with van der Waals surface area (Å²) in [4.78, 5) is 14.2. The fourth-order valence-corrected chi connectivity index (χ4v) is 4.17. The molecule has 1 N–H and O–H groups in total. The second kappa shape index (κ2) is 9.77. The van der Waals surface area contributed by atoms with Crippen LogP contribution in [0.4, 0.5) is 17.3 Å². The number of hydrogen-bond donors (Lipinski definition) is 1. The van der Waals surface area contributed by atoms with Crippen molar-refractivity contribution in [2.45, 2.75) is 0 Å². The number of anilines is 3. The summed E-state index contributed by atoms with van der Waals surface area (Å²) in [5.41, 5.74) is 5.09. The average Bonchev–Trinajstić information content (AvgIpc) is 2.88. The summed E-state index contributed by atoms with van der Waals surface area (Å²) in [5, 5.41) is 13.1. The van der Waals surface area contributed by atoms with E-state index in [-0.39, 0.29) is 6.61 Å². The van der Waals surface area contributed by atoms with E-state index in [1.54, 1.807) is 0 Å². The summed E-state index contributed by atoms with van der Waals surface area (Å²) in [6.07, 6.45) is 1.85. The van der Waals surface area contributed by atoms with Crippen LogP contribution in [0.2, 0.25) is 0 Å². The molecule has 1 aliphatic heterocycles. The van der Waals surface area contributed by atoms with E-state index in [9.17, 15) is 0 Å². The third-order valence-electron chi connectivity index (χ3n) is 6.05. The number of fused-ring (bicyclic) bond motifs is 1. The Morgan fingerprint density at radius 2 is 1.79 bits per heavy atom. The first-order valence-corrected chi connectivity index (χ1v) is 11.4. The number of aromatic nitrogens is 2. The van der Waals surface area contributed by atoms with E-state index in [4.69, 9.17) is 15.0 Å². The molecule has 0 saturated carbocycles. The molecule has 1 aliphatic rings. The molecule has 0 atom stereocenters.